The van der Waals surface area contributed by atoms with Crippen molar-refractivity contribution in [2.24, 2.45) is 0 Å². The number of carbonyl (C=O) groups is 1. The number of hydrogen-bond donors (Lipinski definition) is 1. The van der Waals surface area contributed by atoms with E-state index in [4.69, 9.17) is 14.2 Å². The number of benzene rings is 1. The normalized spacial score (nSPS) is 10.1. The first-order valence-electron chi connectivity index (χ1n) is 6.80. The maximum Gasteiger partial charge on any atom is 0.261 e. The van der Waals surface area contributed by atoms with Crippen LogP contribution in [0.5, 0.6) is 17.2 Å². The van der Waals surface area contributed by atoms with Gasteiger partial charge in [0.15, 0.2) is 11.5 Å². The molecule has 6 heteroatoms. The Bertz CT molecular complexity index is 600. The van der Waals surface area contributed by atoms with Gasteiger partial charge < -0.3 is 19.5 Å². The summed E-state index contributed by atoms with van der Waals surface area (Å²) in [5, 5.41) is 4.78. The molecule has 0 aliphatic rings. The van der Waals surface area contributed by atoms with Crippen molar-refractivity contribution < 1.29 is 19.0 Å². The van der Waals surface area contributed by atoms with Gasteiger partial charge in [0.2, 0.25) is 5.75 Å². The van der Waals surface area contributed by atoms with Gasteiger partial charge in [0.05, 0.1) is 26.2 Å². The van der Waals surface area contributed by atoms with Crippen LogP contribution in [0, 0.1) is 0 Å². The maximum absolute atomic E-state index is 11.9. The van der Waals surface area contributed by atoms with Gasteiger partial charge in [-0.15, -0.1) is 11.3 Å². The fourth-order valence-corrected chi connectivity index (χ4v) is 2.74. The van der Waals surface area contributed by atoms with E-state index in [2.05, 4.69) is 5.32 Å². The number of rotatable bonds is 7. The number of hydrogen-bond acceptors (Lipinski definition) is 5. The van der Waals surface area contributed by atoms with Crippen molar-refractivity contribution in [1.29, 1.82) is 0 Å². The van der Waals surface area contributed by atoms with E-state index in [0.717, 1.165) is 5.56 Å². The number of methoxy groups -OCH3 is 3. The summed E-state index contributed by atoms with van der Waals surface area (Å²) < 4.78 is 15.9. The Hall–Kier alpha value is -2.21. The minimum absolute atomic E-state index is 0.0533. The molecule has 0 atom stereocenters. The molecule has 0 spiro atoms. The third-order valence-corrected chi connectivity index (χ3v) is 4.04. The van der Waals surface area contributed by atoms with Crippen LogP contribution in [-0.2, 0) is 6.42 Å². The van der Waals surface area contributed by atoms with E-state index >= 15 is 0 Å². The molecule has 2 rings (SSSR count). The lowest BCUT2D eigenvalue weighted by Crippen LogP contribution is -2.24. The van der Waals surface area contributed by atoms with Crippen molar-refractivity contribution in [3.05, 3.63) is 40.1 Å². The van der Waals surface area contributed by atoms with Crippen LogP contribution in [0.2, 0.25) is 0 Å². The average Bonchev–Trinajstić information content (AvgIpc) is 3.08. The summed E-state index contributed by atoms with van der Waals surface area (Å²) in [5.74, 6) is 1.74. The highest BCUT2D eigenvalue weighted by Gasteiger charge is 2.13. The third kappa shape index (κ3) is 3.71. The van der Waals surface area contributed by atoms with E-state index < -0.39 is 0 Å². The molecule has 22 heavy (non-hydrogen) atoms. The Morgan fingerprint density at radius 3 is 2.32 bits per heavy atom. The molecule has 0 unspecified atom stereocenters. The van der Waals surface area contributed by atoms with Gasteiger partial charge >= 0.3 is 0 Å². The van der Waals surface area contributed by atoms with Gasteiger partial charge in [0.25, 0.3) is 5.91 Å². The van der Waals surface area contributed by atoms with Crippen molar-refractivity contribution in [2.45, 2.75) is 6.42 Å². The van der Waals surface area contributed by atoms with Crippen LogP contribution in [0.25, 0.3) is 0 Å². The molecule has 1 heterocycles. The van der Waals surface area contributed by atoms with E-state index in [1.54, 1.807) is 27.4 Å². The van der Waals surface area contributed by atoms with Gasteiger partial charge in [-0.05, 0) is 35.6 Å². The van der Waals surface area contributed by atoms with Crippen LogP contribution < -0.4 is 19.5 Å². The second-order valence-electron chi connectivity index (χ2n) is 4.52. The van der Waals surface area contributed by atoms with E-state index in [1.807, 2.05) is 23.6 Å². The van der Waals surface area contributed by atoms with Crippen LogP contribution in [0.1, 0.15) is 15.2 Å². The topological polar surface area (TPSA) is 56.8 Å². The van der Waals surface area contributed by atoms with Crippen molar-refractivity contribution in [3.8, 4) is 17.2 Å². The molecule has 1 aromatic heterocycles. The SMILES string of the molecule is COc1cc(CCNC(=O)c2cccs2)cc(OC)c1OC. The van der Waals surface area contributed by atoms with Crippen LogP contribution in [0.15, 0.2) is 29.6 Å². The molecule has 0 saturated carbocycles. The average molecular weight is 321 g/mol. The number of carbonyl (C=O) groups excluding carboxylic acids is 1. The predicted molar refractivity (Wildman–Crippen MR) is 86.5 cm³/mol. The number of ether oxygens (including phenoxy) is 3. The zero-order chi connectivity index (χ0) is 15.9. The van der Waals surface area contributed by atoms with Gasteiger partial charge in [0.1, 0.15) is 0 Å². The van der Waals surface area contributed by atoms with Crippen LogP contribution in [-0.4, -0.2) is 33.8 Å². The van der Waals surface area contributed by atoms with Gasteiger partial charge in [0, 0.05) is 6.54 Å². The first-order chi connectivity index (χ1) is 10.7. The summed E-state index contributed by atoms with van der Waals surface area (Å²) >= 11 is 1.43. The highest BCUT2D eigenvalue weighted by atomic mass is 32.1. The summed E-state index contributed by atoms with van der Waals surface area (Å²) in [5.41, 5.74) is 1.00. The summed E-state index contributed by atoms with van der Waals surface area (Å²) in [6.45, 7) is 0.537. The first kappa shape index (κ1) is 16.2. The Morgan fingerprint density at radius 2 is 1.82 bits per heavy atom. The molecule has 1 aromatic carbocycles. The highest BCUT2D eigenvalue weighted by molar-refractivity contribution is 7.12. The summed E-state index contributed by atoms with van der Waals surface area (Å²) in [7, 11) is 4.74. The van der Waals surface area contributed by atoms with Crippen LogP contribution in [0.4, 0.5) is 0 Å². The molecule has 1 amide bonds. The molecule has 2 aromatic rings. The molecule has 0 aliphatic heterocycles. The second kappa shape index (κ2) is 7.70. The van der Waals surface area contributed by atoms with Crippen molar-refractivity contribution in [1.82, 2.24) is 5.32 Å². The van der Waals surface area contributed by atoms with E-state index in [9.17, 15) is 4.79 Å². The minimum atomic E-state index is -0.0533. The van der Waals surface area contributed by atoms with E-state index in [1.165, 1.54) is 11.3 Å². The van der Waals surface area contributed by atoms with Crippen molar-refractivity contribution >= 4 is 17.2 Å². The smallest absolute Gasteiger partial charge is 0.261 e. The Morgan fingerprint density at radius 1 is 1.14 bits per heavy atom. The molecule has 0 radical (unpaired) electrons. The lowest BCUT2D eigenvalue weighted by molar-refractivity contribution is 0.0958. The summed E-state index contributed by atoms with van der Waals surface area (Å²) in [6, 6.07) is 7.44. The molecule has 118 valence electrons. The Kier molecular flexibility index (Phi) is 5.66. The molecule has 0 fully saturated rings. The Balaban J connectivity index is 2.02. The minimum Gasteiger partial charge on any atom is -0.493 e. The number of thiophene rings is 1. The third-order valence-electron chi connectivity index (χ3n) is 3.17. The lowest BCUT2D eigenvalue weighted by Gasteiger charge is -2.14. The van der Waals surface area contributed by atoms with Gasteiger partial charge in [-0.25, -0.2) is 0 Å². The van der Waals surface area contributed by atoms with Gasteiger partial charge in [-0.2, -0.15) is 0 Å². The van der Waals surface area contributed by atoms with E-state index in [-0.39, 0.29) is 5.91 Å². The zero-order valence-electron chi connectivity index (χ0n) is 12.8. The first-order valence-corrected chi connectivity index (χ1v) is 7.68. The largest absolute Gasteiger partial charge is 0.493 e. The summed E-state index contributed by atoms with van der Waals surface area (Å²) in [6.07, 6.45) is 0.674. The Labute approximate surface area is 133 Å². The molecule has 0 saturated heterocycles. The van der Waals surface area contributed by atoms with Gasteiger partial charge in [-0.3, -0.25) is 4.79 Å². The number of amides is 1. The number of nitrogens with one attached hydrogen (secondary N) is 1. The molecular formula is C16H19NO4S. The van der Waals surface area contributed by atoms with E-state index in [0.29, 0.717) is 35.1 Å². The monoisotopic (exact) mass is 321 g/mol. The molecule has 0 bridgehead atoms. The van der Waals surface area contributed by atoms with Crippen LogP contribution in [0.3, 0.4) is 0 Å². The summed E-state index contributed by atoms with van der Waals surface area (Å²) in [4.78, 5) is 12.6. The molecular weight excluding hydrogens is 302 g/mol. The van der Waals surface area contributed by atoms with Gasteiger partial charge in [-0.1, -0.05) is 6.07 Å². The quantitative estimate of drug-likeness (QED) is 0.852. The maximum atomic E-state index is 11.9. The predicted octanol–water partition coefficient (Wildman–Crippen LogP) is 2.75. The molecule has 5 nitrogen and oxygen atoms in total. The second-order valence-corrected chi connectivity index (χ2v) is 5.46. The highest BCUT2D eigenvalue weighted by Crippen LogP contribution is 2.38. The zero-order valence-corrected chi connectivity index (χ0v) is 13.7. The lowest BCUT2D eigenvalue weighted by atomic mass is 10.1. The van der Waals surface area contributed by atoms with Crippen molar-refractivity contribution in [2.75, 3.05) is 27.9 Å². The molecule has 0 aliphatic carbocycles. The standard InChI is InChI=1S/C16H19NO4S/c1-19-12-9-11(10-13(20-2)15(12)21-3)6-7-17-16(18)14-5-4-8-22-14/h4-5,8-10H,6-7H2,1-3H3,(H,17,18). The fraction of sp³-hybridized carbons (Fsp3) is 0.312. The fourth-order valence-electron chi connectivity index (χ4n) is 2.09. The molecule has 1 N–H and O–H groups in total. The van der Waals surface area contributed by atoms with Crippen LogP contribution >= 0.6 is 11.3 Å². The van der Waals surface area contributed by atoms with Crippen molar-refractivity contribution in [3.63, 3.8) is 0 Å².